The molecule has 164 valence electrons. The van der Waals surface area contributed by atoms with Gasteiger partial charge in [0.25, 0.3) is 0 Å². The Morgan fingerprint density at radius 3 is 1.86 bits per heavy atom. The molecule has 5 amide bonds. The summed E-state index contributed by atoms with van der Waals surface area (Å²) >= 11 is 0. The normalized spacial score (nSPS) is 13.7. The number of carbonyl (C=O) groups excluding carboxylic acids is 5. The molecule has 0 aliphatic heterocycles. The minimum atomic E-state index is -1.54. The van der Waals surface area contributed by atoms with E-state index in [0.717, 1.165) is 0 Å². The Labute approximate surface area is 167 Å². The summed E-state index contributed by atoms with van der Waals surface area (Å²) in [6, 6.07) is -3.88. The molecule has 0 aromatic rings. The molecule has 0 bridgehead atoms. The number of carbonyl (C=O) groups is 6. The molecule has 13 heteroatoms. The fraction of sp³-hybridized carbons (Fsp3) is 0.625. The summed E-state index contributed by atoms with van der Waals surface area (Å²) in [5.41, 5.74) is 15.3. The van der Waals surface area contributed by atoms with Gasteiger partial charge in [0.2, 0.25) is 29.5 Å². The van der Waals surface area contributed by atoms with Gasteiger partial charge in [-0.1, -0.05) is 13.8 Å². The van der Waals surface area contributed by atoms with Crippen molar-refractivity contribution in [2.45, 2.75) is 51.2 Å². The Hall–Kier alpha value is -3.22. The van der Waals surface area contributed by atoms with E-state index >= 15 is 0 Å². The van der Waals surface area contributed by atoms with Crippen LogP contribution in [-0.4, -0.2) is 65.3 Å². The van der Waals surface area contributed by atoms with Crippen molar-refractivity contribution >= 4 is 35.5 Å². The first-order valence-electron chi connectivity index (χ1n) is 8.75. The largest absolute Gasteiger partial charge is 0.480 e. The van der Waals surface area contributed by atoms with Gasteiger partial charge >= 0.3 is 5.97 Å². The number of carboxylic acids is 1. The number of hydrogen-bond acceptors (Lipinski definition) is 7. The highest BCUT2D eigenvalue weighted by Gasteiger charge is 2.28. The molecule has 0 aromatic heterocycles. The van der Waals surface area contributed by atoms with Crippen LogP contribution in [0, 0.1) is 5.92 Å². The van der Waals surface area contributed by atoms with E-state index in [1.54, 1.807) is 13.8 Å². The third-order valence-corrected chi connectivity index (χ3v) is 3.56. The molecule has 0 fully saturated rings. The van der Waals surface area contributed by atoms with Crippen LogP contribution in [0.25, 0.3) is 0 Å². The fourth-order valence-corrected chi connectivity index (χ4v) is 2.23. The highest BCUT2D eigenvalue weighted by molar-refractivity contribution is 5.94. The lowest BCUT2D eigenvalue weighted by Crippen LogP contribution is -2.54. The van der Waals surface area contributed by atoms with Crippen LogP contribution < -0.4 is 33.2 Å². The highest BCUT2D eigenvalue weighted by Crippen LogP contribution is 2.06. The molecule has 29 heavy (non-hydrogen) atoms. The first-order chi connectivity index (χ1) is 13.3. The van der Waals surface area contributed by atoms with Crippen molar-refractivity contribution < 1.29 is 33.9 Å². The zero-order valence-electron chi connectivity index (χ0n) is 16.3. The summed E-state index contributed by atoms with van der Waals surface area (Å²) in [6.45, 7) is 3.01. The van der Waals surface area contributed by atoms with Crippen LogP contribution in [0.1, 0.15) is 33.1 Å². The monoisotopic (exact) mass is 416 g/mol. The van der Waals surface area contributed by atoms with Gasteiger partial charge in [-0.2, -0.15) is 0 Å². The van der Waals surface area contributed by atoms with Gasteiger partial charge in [-0.25, -0.2) is 4.79 Å². The maximum atomic E-state index is 12.4. The Balaban J connectivity index is 4.92. The standard InChI is InChI=1S/C16H28N6O7/c1-7(2)3-9(15(27)22-10(16(28)29)5-12(19)24)21-13(25)6-20-14(26)8(17)4-11(18)23/h7-10H,3-6,17H2,1-2H3,(H2,18,23)(H2,19,24)(H,20,26)(H,21,25)(H,22,27)(H,28,29). The maximum absolute atomic E-state index is 12.4. The van der Waals surface area contributed by atoms with Gasteiger partial charge in [0.1, 0.15) is 12.1 Å². The second-order valence-electron chi connectivity index (χ2n) is 6.81. The number of nitrogens with two attached hydrogens (primary N) is 3. The van der Waals surface area contributed by atoms with Gasteiger partial charge in [-0.15, -0.1) is 0 Å². The van der Waals surface area contributed by atoms with E-state index < -0.39 is 73.0 Å². The predicted octanol–water partition coefficient (Wildman–Crippen LogP) is -3.72. The molecule has 0 saturated heterocycles. The highest BCUT2D eigenvalue weighted by atomic mass is 16.4. The molecule has 13 nitrogen and oxygen atoms in total. The van der Waals surface area contributed by atoms with E-state index in [0.29, 0.717) is 0 Å². The quantitative estimate of drug-likeness (QED) is 0.157. The third-order valence-electron chi connectivity index (χ3n) is 3.56. The van der Waals surface area contributed by atoms with Gasteiger partial charge in [-0.3, -0.25) is 24.0 Å². The number of rotatable bonds is 13. The number of hydrogen-bond donors (Lipinski definition) is 7. The smallest absolute Gasteiger partial charge is 0.326 e. The Kier molecular flexibility index (Phi) is 10.9. The molecule has 10 N–H and O–H groups in total. The molecular weight excluding hydrogens is 388 g/mol. The van der Waals surface area contributed by atoms with Crippen LogP contribution in [0.2, 0.25) is 0 Å². The molecule has 0 aliphatic rings. The van der Waals surface area contributed by atoms with Crippen molar-refractivity contribution in [2.75, 3.05) is 6.54 Å². The van der Waals surface area contributed by atoms with Crippen molar-refractivity contribution in [1.29, 1.82) is 0 Å². The predicted molar refractivity (Wildman–Crippen MR) is 99.6 cm³/mol. The summed E-state index contributed by atoms with van der Waals surface area (Å²) in [7, 11) is 0. The van der Waals surface area contributed by atoms with Gasteiger partial charge in [0.05, 0.1) is 25.4 Å². The summed E-state index contributed by atoms with van der Waals surface area (Å²) < 4.78 is 0. The minimum Gasteiger partial charge on any atom is -0.480 e. The average Bonchev–Trinajstić information content (AvgIpc) is 2.56. The van der Waals surface area contributed by atoms with Gasteiger partial charge in [-0.05, 0) is 12.3 Å². The maximum Gasteiger partial charge on any atom is 0.326 e. The fourth-order valence-electron chi connectivity index (χ4n) is 2.23. The summed E-state index contributed by atoms with van der Waals surface area (Å²) in [6.07, 6.45) is -0.852. The van der Waals surface area contributed by atoms with Crippen molar-refractivity contribution in [3.63, 3.8) is 0 Å². The zero-order chi connectivity index (χ0) is 22.7. The molecule has 3 atom stereocenters. The lowest BCUT2D eigenvalue weighted by molar-refractivity contribution is -0.143. The van der Waals surface area contributed by atoms with Crippen LogP contribution >= 0.6 is 0 Å². The topological polar surface area (TPSA) is 237 Å². The van der Waals surface area contributed by atoms with Crippen LogP contribution in [0.3, 0.4) is 0 Å². The van der Waals surface area contributed by atoms with E-state index in [4.69, 9.17) is 22.3 Å². The zero-order valence-corrected chi connectivity index (χ0v) is 16.3. The van der Waals surface area contributed by atoms with E-state index in [1.807, 2.05) is 0 Å². The van der Waals surface area contributed by atoms with Gasteiger partial charge < -0.3 is 38.3 Å². The molecule has 0 radical (unpaired) electrons. The molecule has 0 aliphatic carbocycles. The number of nitrogens with one attached hydrogen (secondary N) is 3. The summed E-state index contributed by atoms with van der Waals surface area (Å²) in [5, 5.41) is 15.8. The Morgan fingerprint density at radius 1 is 0.862 bits per heavy atom. The third kappa shape index (κ3) is 11.3. The summed E-state index contributed by atoms with van der Waals surface area (Å²) in [5.74, 6) is -5.56. The number of carboxylic acid groups (broad SMARTS) is 1. The Bertz CT molecular complexity index is 652. The second-order valence-corrected chi connectivity index (χ2v) is 6.81. The van der Waals surface area contributed by atoms with E-state index in [-0.39, 0.29) is 12.3 Å². The number of aliphatic carboxylic acids is 1. The lowest BCUT2D eigenvalue weighted by Gasteiger charge is -2.22. The van der Waals surface area contributed by atoms with Gasteiger partial charge in [0, 0.05) is 0 Å². The van der Waals surface area contributed by atoms with Crippen molar-refractivity contribution in [3.05, 3.63) is 0 Å². The van der Waals surface area contributed by atoms with E-state index in [9.17, 15) is 28.8 Å². The Morgan fingerprint density at radius 2 is 1.41 bits per heavy atom. The SMILES string of the molecule is CC(C)CC(NC(=O)CNC(=O)C(N)CC(N)=O)C(=O)NC(CC(N)=O)C(=O)O. The second kappa shape index (κ2) is 12.3. The van der Waals surface area contributed by atoms with Crippen LogP contribution in [-0.2, 0) is 28.8 Å². The molecule has 0 rings (SSSR count). The van der Waals surface area contributed by atoms with Crippen molar-refractivity contribution in [1.82, 2.24) is 16.0 Å². The first-order valence-corrected chi connectivity index (χ1v) is 8.75. The van der Waals surface area contributed by atoms with Crippen molar-refractivity contribution in [3.8, 4) is 0 Å². The van der Waals surface area contributed by atoms with Crippen LogP contribution in [0.15, 0.2) is 0 Å². The molecule has 0 spiro atoms. The number of amides is 5. The molecule has 0 heterocycles. The van der Waals surface area contributed by atoms with Crippen LogP contribution in [0.5, 0.6) is 0 Å². The van der Waals surface area contributed by atoms with Crippen molar-refractivity contribution in [2.24, 2.45) is 23.1 Å². The first kappa shape index (κ1) is 25.8. The van der Waals surface area contributed by atoms with Gasteiger partial charge in [0.15, 0.2) is 0 Å². The molecular formula is C16H28N6O7. The van der Waals surface area contributed by atoms with E-state index in [1.165, 1.54) is 0 Å². The molecule has 0 saturated carbocycles. The minimum absolute atomic E-state index is 0.0518. The summed E-state index contributed by atoms with van der Waals surface area (Å²) in [4.78, 5) is 69.0. The molecule has 3 unspecified atom stereocenters. The van der Waals surface area contributed by atoms with Crippen LogP contribution in [0.4, 0.5) is 0 Å². The molecule has 0 aromatic carbocycles. The average molecular weight is 416 g/mol. The van der Waals surface area contributed by atoms with E-state index in [2.05, 4.69) is 16.0 Å². The number of primary amides is 2. The lowest BCUT2D eigenvalue weighted by atomic mass is 10.0.